The predicted molar refractivity (Wildman–Crippen MR) is 70.7 cm³/mol. The molecule has 0 amide bonds. The number of aliphatic hydroxyl groups is 1. The third-order valence-corrected chi connectivity index (χ3v) is 2.77. The molecular weight excluding hydrogens is 230 g/mol. The summed E-state index contributed by atoms with van der Waals surface area (Å²) in [6.07, 6.45) is -0.849. The van der Waals surface area contributed by atoms with E-state index in [1.165, 1.54) is 0 Å². The van der Waals surface area contributed by atoms with Crippen LogP contribution in [-0.2, 0) is 5.41 Å². The topological polar surface area (TPSA) is 78.2 Å². The van der Waals surface area contributed by atoms with Gasteiger partial charge in [-0.05, 0) is 28.6 Å². The molecule has 0 radical (unpaired) electrons. The number of azide groups is 1. The van der Waals surface area contributed by atoms with Crippen LogP contribution < -0.4 is 4.74 Å². The molecule has 18 heavy (non-hydrogen) atoms. The molecule has 0 saturated carbocycles. The highest BCUT2D eigenvalue weighted by molar-refractivity contribution is 5.41. The van der Waals surface area contributed by atoms with Gasteiger partial charge < -0.3 is 9.84 Å². The minimum atomic E-state index is -0.849. The molecule has 0 spiro atoms. The van der Waals surface area contributed by atoms with E-state index in [0.29, 0.717) is 11.3 Å². The Morgan fingerprint density at radius 1 is 1.44 bits per heavy atom. The number of ether oxygens (including phenoxy) is 1. The van der Waals surface area contributed by atoms with Gasteiger partial charge in [-0.2, -0.15) is 0 Å². The zero-order valence-corrected chi connectivity index (χ0v) is 11.2. The van der Waals surface area contributed by atoms with Crippen molar-refractivity contribution < 1.29 is 9.84 Å². The van der Waals surface area contributed by atoms with E-state index in [1.807, 2.05) is 18.2 Å². The molecule has 1 aromatic carbocycles. The van der Waals surface area contributed by atoms with Gasteiger partial charge in [0.2, 0.25) is 0 Å². The van der Waals surface area contributed by atoms with Crippen molar-refractivity contribution in [1.29, 1.82) is 0 Å². The predicted octanol–water partition coefficient (Wildman–Crippen LogP) is 3.34. The second-order valence-electron chi connectivity index (χ2n) is 5.14. The average Bonchev–Trinajstić information content (AvgIpc) is 2.34. The second kappa shape index (κ2) is 5.76. The minimum Gasteiger partial charge on any atom is -0.496 e. The van der Waals surface area contributed by atoms with E-state index in [4.69, 9.17) is 10.3 Å². The fraction of sp³-hybridized carbons (Fsp3) is 0.538. The van der Waals surface area contributed by atoms with Crippen molar-refractivity contribution in [1.82, 2.24) is 0 Å². The van der Waals surface area contributed by atoms with E-state index in [-0.39, 0.29) is 12.0 Å². The van der Waals surface area contributed by atoms with Gasteiger partial charge in [-0.15, -0.1) is 0 Å². The third kappa shape index (κ3) is 3.39. The summed E-state index contributed by atoms with van der Waals surface area (Å²) < 4.78 is 5.22. The molecule has 1 aromatic rings. The second-order valence-corrected chi connectivity index (χ2v) is 5.14. The lowest BCUT2D eigenvalue weighted by Gasteiger charge is -2.22. The number of hydrogen-bond donors (Lipinski definition) is 1. The van der Waals surface area contributed by atoms with Gasteiger partial charge in [0.05, 0.1) is 19.8 Å². The summed E-state index contributed by atoms with van der Waals surface area (Å²) in [7, 11) is 1.55. The van der Waals surface area contributed by atoms with Gasteiger partial charge in [0, 0.05) is 10.5 Å². The van der Waals surface area contributed by atoms with Gasteiger partial charge in [0.15, 0.2) is 0 Å². The summed E-state index contributed by atoms with van der Waals surface area (Å²) in [5, 5.41) is 13.4. The van der Waals surface area contributed by atoms with Crippen LogP contribution >= 0.6 is 0 Å². The van der Waals surface area contributed by atoms with E-state index in [1.54, 1.807) is 7.11 Å². The Bertz CT molecular complexity index is 460. The molecule has 0 saturated heterocycles. The van der Waals surface area contributed by atoms with Crippen LogP contribution in [0.5, 0.6) is 5.75 Å². The molecule has 0 bridgehead atoms. The molecule has 5 nitrogen and oxygen atoms in total. The number of methoxy groups -OCH3 is 1. The molecule has 0 aliphatic carbocycles. The first kappa shape index (κ1) is 14.4. The molecule has 0 heterocycles. The lowest BCUT2D eigenvalue weighted by atomic mass is 9.85. The van der Waals surface area contributed by atoms with Crippen molar-refractivity contribution in [2.75, 3.05) is 13.7 Å². The number of aliphatic hydroxyl groups excluding tert-OH is 1. The van der Waals surface area contributed by atoms with Crippen molar-refractivity contribution in [3.8, 4) is 5.75 Å². The fourth-order valence-electron chi connectivity index (χ4n) is 1.67. The monoisotopic (exact) mass is 249 g/mol. The van der Waals surface area contributed by atoms with Gasteiger partial charge in [-0.1, -0.05) is 32.0 Å². The number of rotatable bonds is 4. The Balaban J connectivity index is 3.17. The summed E-state index contributed by atoms with van der Waals surface area (Å²) in [5.74, 6) is 0.601. The van der Waals surface area contributed by atoms with Gasteiger partial charge in [-0.25, -0.2) is 0 Å². The third-order valence-electron chi connectivity index (χ3n) is 2.77. The van der Waals surface area contributed by atoms with Crippen molar-refractivity contribution in [3.63, 3.8) is 0 Å². The van der Waals surface area contributed by atoms with E-state index < -0.39 is 6.10 Å². The molecule has 98 valence electrons. The Morgan fingerprint density at radius 3 is 2.61 bits per heavy atom. The molecular formula is C13H19N3O2. The zero-order chi connectivity index (χ0) is 13.8. The Morgan fingerprint density at radius 2 is 2.11 bits per heavy atom. The van der Waals surface area contributed by atoms with E-state index >= 15 is 0 Å². The zero-order valence-electron chi connectivity index (χ0n) is 11.2. The summed E-state index contributed by atoms with van der Waals surface area (Å²) in [5.41, 5.74) is 10.0. The van der Waals surface area contributed by atoms with Crippen molar-refractivity contribution in [2.24, 2.45) is 5.11 Å². The van der Waals surface area contributed by atoms with Crippen LogP contribution in [0.3, 0.4) is 0 Å². The summed E-state index contributed by atoms with van der Waals surface area (Å²) in [4.78, 5) is 2.65. The minimum absolute atomic E-state index is 0.000453. The maximum absolute atomic E-state index is 10.0. The highest BCUT2D eigenvalue weighted by Gasteiger charge is 2.19. The maximum Gasteiger partial charge on any atom is 0.124 e. The van der Waals surface area contributed by atoms with Crippen LogP contribution in [0.1, 0.15) is 38.0 Å². The maximum atomic E-state index is 10.0. The van der Waals surface area contributed by atoms with Crippen LogP contribution in [0, 0.1) is 0 Å². The number of nitrogens with zero attached hydrogens (tertiary/aromatic N) is 3. The lowest BCUT2D eigenvalue weighted by Crippen LogP contribution is -2.13. The molecule has 0 aliphatic heterocycles. The number of hydrogen-bond acceptors (Lipinski definition) is 3. The molecule has 5 heteroatoms. The standard InChI is InChI=1S/C13H19N3O2/c1-13(2,3)9-5-6-12(18-4)10(7-9)11(17)8-15-16-14/h5-7,11,17H,8H2,1-4H3. The van der Waals surface area contributed by atoms with Gasteiger partial charge in [0.25, 0.3) is 0 Å². The molecule has 1 unspecified atom stereocenters. The van der Waals surface area contributed by atoms with Crippen molar-refractivity contribution in [2.45, 2.75) is 32.3 Å². The first-order valence-electron chi connectivity index (χ1n) is 5.77. The van der Waals surface area contributed by atoms with Crippen LogP contribution in [0.4, 0.5) is 0 Å². The smallest absolute Gasteiger partial charge is 0.124 e. The Kier molecular flexibility index (Phi) is 4.59. The van der Waals surface area contributed by atoms with Crippen molar-refractivity contribution >= 4 is 0 Å². The quantitative estimate of drug-likeness (QED) is 0.504. The van der Waals surface area contributed by atoms with Gasteiger partial charge in [0.1, 0.15) is 5.75 Å². The Hall–Kier alpha value is -1.71. The molecule has 0 fully saturated rings. The first-order chi connectivity index (χ1) is 8.40. The summed E-state index contributed by atoms with van der Waals surface area (Å²) in [6.45, 7) is 6.29. The largest absolute Gasteiger partial charge is 0.496 e. The number of benzene rings is 1. The van der Waals surface area contributed by atoms with E-state index in [2.05, 4.69) is 30.8 Å². The molecule has 0 aromatic heterocycles. The highest BCUT2D eigenvalue weighted by Crippen LogP contribution is 2.31. The van der Waals surface area contributed by atoms with Crippen molar-refractivity contribution in [3.05, 3.63) is 39.8 Å². The van der Waals surface area contributed by atoms with Crippen LogP contribution in [0.15, 0.2) is 23.3 Å². The lowest BCUT2D eigenvalue weighted by molar-refractivity contribution is 0.182. The van der Waals surface area contributed by atoms with E-state index in [0.717, 1.165) is 5.56 Å². The normalized spacial score (nSPS) is 12.7. The SMILES string of the molecule is COc1ccc(C(C)(C)C)cc1C(O)CN=[N+]=[N-]. The molecule has 1 N–H and O–H groups in total. The van der Waals surface area contributed by atoms with Gasteiger partial charge >= 0.3 is 0 Å². The molecule has 0 aliphatic rings. The molecule has 1 atom stereocenters. The summed E-state index contributed by atoms with van der Waals surface area (Å²) in [6, 6.07) is 5.70. The fourth-order valence-corrected chi connectivity index (χ4v) is 1.67. The Labute approximate surface area is 107 Å². The van der Waals surface area contributed by atoms with Gasteiger partial charge in [-0.3, -0.25) is 0 Å². The van der Waals surface area contributed by atoms with Crippen LogP contribution in [0.2, 0.25) is 0 Å². The molecule has 1 rings (SSSR count). The van der Waals surface area contributed by atoms with Crippen LogP contribution in [-0.4, -0.2) is 18.8 Å². The first-order valence-corrected chi connectivity index (χ1v) is 5.77. The van der Waals surface area contributed by atoms with Crippen LogP contribution in [0.25, 0.3) is 10.4 Å². The van der Waals surface area contributed by atoms with E-state index in [9.17, 15) is 5.11 Å². The highest BCUT2D eigenvalue weighted by atomic mass is 16.5. The average molecular weight is 249 g/mol. The summed E-state index contributed by atoms with van der Waals surface area (Å²) >= 11 is 0.